The Labute approximate surface area is 236 Å². The minimum atomic E-state index is -3.27. The summed E-state index contributed by atoms with van der Waals surface area (Å²) in [4.78, 5) is 15.5. The summed E-state index contributed by atoms with van der Waals surface area (Å²) in [7, 11) is -3.27. The number of unbranched alkanes of at least 4 members (excludes halogenated alkanes) is 15. The van der Waals surface area contributed by atoms with Gasteiger partial charge in [0.2, 0.25) is 0 Å². The fourth-order valence-corrected chi connectivity index (χ4v) is 6.10. The van der Waals surface area contributed by atoms with Crippen LogP contribution in [0.1, 0.15) is 116 Å². The minimum absolute atomic E-state index is 0.0872. The van der Waals surface area contributed by atoms with Gasteiger partial charge < -0.3 is 24.3 Å². The van der Waals surface area contributed by atoms with Crippen molar-refractivity contribution in [1.82, 2.24) is 9.55 Å². The van der Waals surface area contributed by atoms with Gasteiger partial charge in [0.1, 0.15) is 18.3 Å². The monoisotopic (exact) mass is 571 g/mol. The van der Waals surface area contributed by atoms with Gasteiger partial charge >= 0.3 is 13.3 Å². The van der Waals surface area contributed by atoms with Crippen LogP contribution < -0.4 is 11.4 Å². The van der Waals surface area contributed by atoms with Gasteiger partial charge in [-0.25, -0.2) is 4.79 Å². The molecule has 1 aromatic heterocycles. The predicted octanol–water partition coefficient (Wildman–Crippen LogP) is 7.08. The molecule has 1 saturated heterocycles. The molecule has 0 saturated carbocycles. The lowest BCUT2D eigenvalue weighted by Crippen LogP contribution is -2.35. The van der Waals surface area contributed by atoms with E-state index in [2.05, 4.69) is 11.9 Å². The Kier molecular flexibility index (Phi) is 18.7. The molecule has 1 aliphatic heterocycles. The van der Waals surface area contributed by atoms with Crippen molar-refractivity contribution in [2.45, 2.75) is 129 Å². The Balaban J connectivity index is 1.32. The van der Waals surface area contributed by atoms with E-state index in [-0.39, 0.29) is 25.3 Å². The van der Waals surface area contributed by atoms with Gasteiger partial charge in [0.05, 0.1) is 19.8 Å². The highest BCUT2D eigenvalue weighted by molar-refractivity contribution is 7.53. The first-order valence-corrected chi connectivity index (χ1v) is 17.2. The van der Waals surface area contributed by atoms with Crippen LogP contribution in [0.3, 0.4) is 0 Å². The second-order valence-electron chi connectivity index (χ2n) is 10.7. The first kappa shape index (κ1) is 34.0. The Morgan fingerprint density at radius 2 is 1.46 bits per heavy atom. The highest BCUT2D eigenvalue weighted by Crippen LogP contribution is 2.50. The third kappa shape index (κ3) is 16.6. The Morgan fingerprint density at radius 1 is 0.897 bits per heavy atom. The number of ether oxygens (including phenoxy) is 2. The van der Waals surface area contributed by atoms with E-state index in [1.807, 2.05) is 0 Å². The summed E-state index contributed by atoms with van der Waals surface area (Å²) >= 11 is 0. The molecule has 0 spiro atoms. The maximum absolute atomic E-state index is 12.6. The van der Waals surface area contributed by atoms with Gasteiger partial charge in [-0.3, -0.25) is 9.13 Å². The highest BCUT2D eigenvalue weighted by atomic mass is 31.2. The topological polar surface area (TPSA) is 115 Å². The third-order valence-corrected chi connectivity index (χ3v) is 8.67. The largest absolute Gasteiger partial charge is 0.383 e. The SMILES string of the molecule is CCCCCCCCCCCCCCCCCCOCCCOP1(=O)COC(Cn2ccc(N)nc2=O)CO1. The van der Waals surface area contributed by atoms with Gasteiger partial charge in [-0.1, -0.05) is 103 Å². The molecule has 10 heteroatoms. The first-order valence-electron chi connectivity index (χ1n) is 15.4. The number of nitrogen functional groups attached to an aromatic ring is 1. The zero-order valence-electron chi connectivity index (χ0n) is 24.4. The summed E-state index contributed by atoms with van der Waals surface area (Å²) in [6.45, 7) is 4.25. The molecule has 1 aliphatic rings. The van der Waals surface area contributed by atoms with Crippen LogP contribution >= 0.6 is 7.60 Å². The van der Waals surface area contributed by atoms with Crippen molar-refractivity contribution in [3.8, 4) is 0 Å². The maximum atomic E-state index is 12.6. The van der Waals surface area contributed by atoms with E-state index in [0.29, 0.717) is 19.6 Å². The standard InChI is InChI=1S/C29H54N3O6P/c1-2-3-4-5-6-7-8-9-10-11-12-13-14-15-16-17-21-35-22-18-23-37-39(34)26-36-27(25-38-39)24-32-20-19-28(30)31-29(32)33/h19-20,27H,2-18,21-26H2,1H3,(H2,30,31,33). The van der Waals surface area contributed by atoms with Gasteiger partial charge in [-0.05, 0) is 18.9 Å². The zero-order chi connectivity index (χ0) is 28.0. The summed E-state index contributed by atoms with van der Waals surface area (Å²) < 4.78 is 36.3. The van der Waals surface area contributed by atoms with Crippen molar-refractivity contribution in [2.24, 2.45) is 0 Å². The average molecular weight is 572 g/mol. The van der Waals surface area contributed by atoms with Crippen LogP contribution in [0, 0.1) is 0 Å². The van der Waals surface area contributed by atoms with Gasteiger partial charge in [0, 0.05) is 19.4 Å². The molecular weight excluding hydrogens is 517 g/mol. The van der Waals surface area contributed by atoms with E-state index in [9.17, 15) is 9.36 Å². The second kappa shape index (κ2) is 21.5. The van der Waals surface area contributed by atoms with E-state index in [1.54, 1.807) is 12.3 Å². The van der Waals surface area contributed by atoms with Crippen molar-refractivity contribution < 1.29 is 23.1 Å². The fraction of sp³-hybridized carbons (Fsp3) is 0.862. The lowest BCUT2D eigenvalue weighted by atomic mass is 10.0. The molecule has 0 radical (unpaired) electrons. The molecule has 2 unspecified atom stereocenters. The second-order valence-corrected chi connectivity index (χ2v) is 12.7. The number of nitrogens with two attached hydrogens (primary N) is 1. The molecule has 2 N–H and O–H groups in total. The quantitative estimate of drug-likeness (QED) is 0.103. The molecule has 0 amide bonds. The van der Waals surface area contributed by atoms with Crippen LogP contribution in [0.4, 0.5) is 5.82 Å². The van der Waals surface area contributed by atoms with Crippen LogP contribution in [0.5, 0.6) is 0 Å². The smallest absolute Gasteiger partial charge is 0.356 e. The number of rotatable bonds is 24. The van der Waals surface area contributed by atoms with E-state index >= 15 is 0 Å². The lowest BCUT2D eigenvalue weighted by Gasteiger charge is -2.29. The fourth-order valence-electron chi connectivity index (χ4n) is 4.68. The summed E-state index contributed by atoms with van der Waals surface area (Å²) in [6.07, 6.45) is 23.4. The third-order valence-electron chi connectivity index (χ3n) is 7.08. The lowest BCUT2D eigenvalue weighted by molar-refractivity contribution is -0.0154. The van der Waals surface area contributed by atoms with Crippen LogP contribution in [-0.2, 0) is 29.6 Å². The molecule has 2 atom stereocenters. The molecule has 1 aromatic rings. The summed E-state index contributed by atoms with van der Waals surface area (Å²) in [6, 6.07) is 1.54. The Morgan fingerprint density at radius 3 is 2.00 bits per heavy atom. The molecule has 226 valence electrons. The number of aromatic nitrogens is 2. The first-order chi connectivity index (χ1) is 19.0. The predicted molar refractivity (Wildman–Crippen MR) is 157 cm³/mol. The Bertz CT molecular complexity index is 841. The van der Waals surface area contributed by atoms with Crippen molar-refractivity contribution in [2.75, 3.05) is 38.5 Å². The van der Waals surface area contributed by atoms with Gasteiger partial charge in [0.15, 0.2) is 0 Å². The van der Waals surface area contributed by atoms with E-state index in [1.165, 1.54) is 101 Å². The van der Waals surface area contributed by atoms with Crippen molar-refractivity contribution in [3.63, 3.8) is 0 Å². The molecule has 2 rings (SSSR count). The molecule has 1 fully saturated rings. The molecule has 9 nitrogen and oxygen atoms in total. The Hall–Kier alpha value is -1.25. The van der Waals surface area contributed by atoms with E-state index < -0.39 is 19.4 Å². The van der Waals surface area contributed by atoms with E-state index in [4.69, 9.17) is 24.3 Å². The molecule has 0 bridgehead atoms. The van der Waals surface area contributed by atoms with Crippen LogP contribution in [0.15, 0.2) is 17.1 Å². The van der Waals surface area contributed by atoms with Crippen LogP contribution in [0.2, 0.25) is 0 Å². The van der Waals surface area contributed by atoms with Crippen molar-refractivity contribution in [3.05, 3.63) is 22.7 Å². The molecule has 2 heterocycles. The molecular formula is C29H54N3O6P. The average Bonchev–Trinajstić information content (AvgIpc) is 2.92. The van der Waals surface area contributed by atoms with Crippen LogP contribution in [0.25, 0.3) is 0 Å². The van der Waals surface area contributed by atoms with E-state index in [0.717, 1.165) is 13.0 Å². The number of anilines is 1. The number of nitrogens with zero attached hydrogens (tertiary/aromatic N) is 2. The van der Waals surface area contributed by atoms with Gasteiger partial charge in [0.25, 0.3) is 0 Å². The number of hydrogen-bond donors (Lipinski definition) is 1. The van der Waals surface area contributed by atoms with Crippen molar-refractivity contribution in [1.29, 1.82) is 0 Å². The van der Waals surface area contributed by atoms with Crippen LogP contribution in [-0.4, -0.2) is 48.4 Å². The normalized spacial score (nSPS) is 19.5. The molecule has 0 aromatic carbocycles. The minimum Gasteiger partial charge on any atom is -0.383 e. The molecule has 0 aliphatic carbocycles. The summed E-state index contributed by atoms with van der Waals surface area (Å²) in [5, 5.41) is 0. The molecule has 39 heavy (non-hydrogen) atoms. The highest BCUT2D eigenvalue weighted by Gasteiger charge is 2.33. The number of hydrogen-bond acceptors (Lipinski definition) is 8. The van der Waals surface area contributed by atoms with Crippen molar-refractivity contribution >= 4 is 13.4 Å². The maximum Gasteiger partial charge on any atom is 0.356 e. The van der Waals surface area contributed by atoms with Gasteiger partial charge in [-0.2, -0.15) is 4.98 Å². The zero-order valence-corrected chi connectivity index (χ0v) is 25.3. The summed E-state index contributed by atoms with van der Waals surface area (Å²) in [5.74, 6) is 0.170. The summed E-state index contributed by atoms with van der Waals surface area (Å²) in [5.41, 5.74) is 5.04. The van der Waals surface area contributed by atoms with Gasteiger partial charge in [-0.15, -0.1) is 0 Å².